The molecule has 0 saturated carbocycles. The average molecular weight is 266 g/mol. The highest BCUT2D eigenvalue weighted by Gasteiger charge is 2.32. The summed E-state index contributed by atoms with van der Waals surface area (Å²) in [6, 6.07) is 0.770. The van der Waals surface area contributed by atoms with Gasteiger partial charge in [-0.2, -0.15) is 13.2 Å². The molecule has 1 rings (SSSR count). The highest BCUT2D eigenvalue weighted by molar-refractivity contribution is 7.99. The van der Waals surface area contributed by atoms with Crippen molar-refractivity contribution in [3.8, 4) is 0 Å². The number of nitrogens with zero attached hydrogens (tertiary/aromatic N) is 2. The molecular weight excluding hydrogens is 257 g/mol. The summed E-state index contributed by atoms with van der Waals surface area (Å²) in [5.74, 6) is -1.02. The fourth-order valence-corrected chi connectivity index (χ4v) is 1.88. The van der Waals surface area contributed by atoms with Crippen molar-refractivity contribution in [1.82, 2.24) is 9.97 Å². The molecule has 1 N–H and O–H groups in total. The molecule has 94 valence electrons. The Bertz CT molecular complexity index is 411. The Morgan fingerprint density at radius 1 is 1.59 bits per heavy atom. The predicted molar refractivity (Wildman–Crippen MR) is 54.6 cm³/mol. The Hall–Kier alpha value is -1.31. The number of carboxylic acids is 1. The Kier molecular flexibility index (Phi) is 4.33. The van der Waals surface area contributed by atoms with Gasteiger partial charge in [-0.1, -0.05) is 18.7 Å². The molecule has 0 bridgehead atoms. The van der Waals surface area contributed by atoms with Gasteiger partial charge in [-0.15, -0.1) is 0 Å². The quantitative estimate of drug-likeness (QED) is 0.670. The van der Waals surface area contributed by atoms with Crippen LogP contribution in [0.5, 0.6) is 0 Å². The number of aliphatic carboxylic acids is 1. The summed E-state index contributed by atoms with van der Waals surface area (Å²) in [5.41, 5.74) is -1.03. The summed E-state index contributed by atoms with van der Waals surface area (Å²) in [7, 11) is 0. The molecule has 4 nitrogen and oxygen atoms in total. The molecule has 0 radical (unpaired) electrons. The molecule has 0 amide bonds. The highest BCUT2D eigenvalue weighted by atomic mass is 32.2. The lowest BCUT2D eigenvalue weighted by atomic mass is 10.3. The van der Waals surface area contributed by atoms with Crippen LogP contribution in [0.25, 0.3) is 0 Å². The fourth-order valence-electron chi connectivity index (χ4n) is 1.02. The number of alkyl halides is 3. The lowest BCUT2D eigenvalue weighted by Gasteiger charge is -2.09. The Labute approximate surface area is 99.3 Å². The number of hydrogen-bond acceptors (Lipinski definition) is 4. The second kappa shape index (κ2) is 5.35. The van der Waals surface area contributed by atoms with E-state index >= 15 is 0 Å². The summed E-state index contributed by atoms with van der Waals surface area (Å²) in [6.45, 7) is 1.59. The first-order chi connectivity index (χ1) is 7.79. The van der Waals surface area contributed by atoms with E-state index in [0.717, 1.165) is 24.0 Å². The molecule has 0 aliphatic carbocycles. The van der Waals surface area contributed by atoms with Gasteiger partial charge in [0.2, 0.25) is 0 Å². The molecule has 0 aliphatic heterocycles. The molecule has 0 fully saturated rings. The molecule has 1 atom stereocenters. The van der Waals surface area contributed by atoms with Crippen molar-refractivity contribution >= 4 is 17.7 Å². The van der Waals surface area contributed by atoms with Crippen LogP contribution in [0.4, 0.5) is 13.2 Å². The van der Waals surface area contributed by atoms with Crippen LogP contribution < -0.4 is 0 Å². The molecular formula is C9H9F3N2O2S. The van der Waals surface area contributed by atoms with Gasteiger partial charge in [0.15, 0.2) is 5.16 Å². The SMILES string of the molecule is CC(CC(=O)O)Sc1nccc(C(F)(F)F)n1. The van der Waals surface area contributed by atoms with Crippen molar-refractivity contribution in [2.45, 2.75) is 29.9 Å². The van der Waals surface area contributed by atoms with Gasteiger partial charge in [-0.05, 0) is 6.07 Å². The summed E-state index contributed by atoms with van der Waals surface area (Å²) in [4.78, 5) is 17.4. The topological polar surface area (TPSA) is 63.1 Å². The van der Waals surface area contributed by atoms with E-state index in [4.69, 9.17) is 5.11 Å². The van der Waals surface area contributed by atoms with Crippen LogP contribution in [-0.2, 0) is 11.0 Å². The van der Waals surface area contributed by atoms with Crippen LogP contribution in [0.3, 0.4) is 0 Å². The molecule has 0 saturated heterocycles. The minimum Gasteiger partial charge on any atom is -0.481 e. The second-order valence-corrected chi connectivity index (χ2v) is 4.65. The highest BCUT2D eigenvalue weighted by Crippen LogP contribution is 2.29. The van der Waals surface area contributed by atoms with E-state index in [-0.39, 0.29) is 11.6 Å². The van der Waals surface area contributed by atoms with Gasteiger partial charge in [-0.25, -0.2) is 9.97 Å². The third-order valence-electron chi connectivity index (χ3n) is 1.69. The normalized spacial score (nSPS) is 13.4. The van der Waals surface area contributed by atoms with Gasteiger partial charge in [0.25, 0.3) is 0 Å². The van der Waals surface area contributed by atoms with E-state index in [0.29, 0.717) is 0 Å². The summed E-state index contributed by atoms with van der Waals surface area (Å²) in [5, 5.41) is 8.04. The largest absolute Gasteiger partial charge is 0.481 e. The van der Waals surface area contributed by atoms with Gasteiger partial charge in [0.1, 0.15) is 5.69 Å². The second-order valence-electron chi connectivity index (χ2n) is 3.25. The number of rotatable bonds is 4. The van der Waals surface area contributed by atoms with Gasteiger partial charge < -0.3 is 5.11 Å². The maximum atomic E-state index is 12.3. The molecule has 17 heavy (non-hydrogen) atoms. The fraction of sp³-hybridized carbons (Fsp3) is 0.444. The van der Waals surface area contributed by atoms with Crippen molar-refractivity contribution in [1.29, 1.82) is 0 Å². The molecule has 0 aromatic carbocycles. The number of halogens is 3. The van der Waals surface area contributed by atoms with Crippen molar-refractivity contribution in [2.75, 3.05) is 0 Å². The number of aromatic nitrogens is 2. The minimum atomic E-state index is -4.52. The van der Waals surface area contributed by atoms with Gasteiger partial charge in [-0.3, -0.25) is 4.79 Å². The number of carbonyl (C=O) groups is 1. The molecule has 1 aromatic heterocycles. The number of hydrogen-bond donors (Lipinski definition) is 1. The third-order valence-corrected chi connectivity index (χ3v) is 2.67. The number of carboxylic acid groups (broad SMARTS) is 1. The Morgan fingerprint density at radius 2 is 2.24 bits per heavy atom. The zero-order valence-corrected chi connectivity index (χ0v) is 9.55. The zero-order valence-electron chi connectivity index (χ0n) is 8.73. The molecule has 1 heterocycles. The summed E-state index contributed by atoms with van der Waals surface area (Å²) in [6.07, 6.45) is -3.68. The van der Waals surface area contributed by atoms with Crippen LogP contribution in [0, 0.1) is 0 Å². The monoisotopic (exact) mass is 266 g/mol. The van der Waals surface area contributed by atoms with Crippen LogP contribution in [0.1, 0.15) is 19.0 Å². The van der Waals surface area contributed by atoms with E-state index in [1.165, 1.54) is 0 Å². The maximum absolute atomic E-state index is 12.3. The van der Waals surface area contributed by atoms with Gasteiger partial charge >= 0.3 is 12.1 Å². The van der Waals surface area contributed by atoms with Crippen molar-refractivity contribution in [3.05, 3.63) is 18.0 Å². The van der Waals surface area contributed by atoms with E-state index < -0.39 is 23.1 Å². The van der Waals surface area contributed by atoms with Crippen LogP contribution >= 0.6 is 11.8 Å². The van der Waals surface area contributed by atoms with Crippen LogP contribution in [-0.4, -0.2) is 26.3 Å². The van der Waals surface area contributed by atoms with Crippen LogP contribution in [0.2, 0.25) is 0 Å². The van der Waals surface area contributed by atoms with Crippen molar-refractivity contribution in [2.24, 2.45) is 0 Å². The zero-order chi connectivity index (χ0) is 13.1. The summed E-state index contributed by atoms with van der Waals surface area (Å²) < 4.78 is 37.0. The van der Waals surface area contributed by atoms with E-state index in [2.05, 4.69) is 9.97 Å². The minimum absolute atomic E-state index is 0.0754. The van der Waals surface area contributed by atoms with E-state index in [1.54, 1.807) is 6.92 Å². The average Bonchev–Trinajstić information content (AvgIpc) is 2.15. The Balaban J connectivity index is 2.76. The molecule has 8 heteroatoms. The maximum Gasteiger partial charge on any atom is 0.433 e. The molecule has 0 spiro atoms. The van der Waals surface area contributed by atoms with E-state index in [9.17, 15) is 18.0 Å². The standard InChI is InChI=1S/C9H9F3N2O2S/c1-5(4-7(15)16)17-8-13-3-2-6(14-8)9(10,11)12/h2-3,5H,4H2,1H3,(H,15,16). The first-order valence-electron chi connectivity index (χ1n) is 4.57. The van der Waals surface area contributed by atoms with Crippen molar-refractivity contribution < 1.29 is 23.1 Å². The third kappa shape index (κ3) is 4.59. The molecule has 0 aliphatic rings. The van der Waals surface area contributed by atoms with Gasteiger partial charge in [0.05, 0.1) is 6.42 Å². The smallest absolute Gasteiger partial charge is 0.433 e. The molecule has 1 aromatic rings. The first-order valence-corrected chi connectivity index (χ1v) is 5.45. The van der Waals surface area contributed by atoms with Crippen LogP contribution in [0.15, 0.2) is 17.4 Å². The lowest BCUT2D eigenvalue weighted by Crippen LogP contribution is -2.10. The lowest BCUT2D eigenvalue weighted by molar-refractivity contribution is -0.141. The number of thioether (sulfide) groups is 1. The first kappa shape index (κ1) is 13.8. The van der Waals surface area contributed by atoms with Crippen molar-refractivity contribution in [3.63, 3.8) is 0 Å². The predicted octanol–water partition coefficient (Wildman–Crippen LogP) is 2.45. The Morgan fingerprint density at radius 3 is 2.76 bits per heavy atom. The summed E-state index contributed by atoms with van der Waals surface area (Å²) >= 11 is 0.899. The molecule has 1 unspecified atom stereocenters. The van der Waals surface area contributed by atoms with E-state index in [1.807, 2.05) is 0 Å². The van der Waals surface area contributed by atoms with Gasteiger partial charge in [0, 0.05) is 11.4 Å².